The van der Waals surface area contributed by atoms with E-state index in [0.717, 1.165) is 11.5 Å². The van der Waals surface area contributed by atoms with Crippen molar-refractivity contribution in [2.45, 2.75) is 13.0 Å². The molecule has 6 nitrogen and oxygen atoms in total. The lowest BCUT2D eigenvalue weighted by molar-refractivity contribution is 0.196. The summed E-state index contributed by atoms with van der Waals surface area (Å²) in [4.78, 5) is 4.33. The number of nitrogens with one attached hydrogen (secondary N) is 1. The molecule has 2 rings (SSSR count). The molecule has 1 aromatic carbocycles. The summed E-state index contributed by atoms with van der Waals surface area (Å²) in [5.41, 5.74) is 0.902. The van der Waals surface area contributed by atoms with Crippen LogP contribution in [0.3, 0.4) is 0 Å². The molecular weight excluding hydrogens is 270 g/mol. The SMILES string of the molecule is COc1ccc(NC(C)c2nccn2C)cc1OCCO. The Balaban J connectivity index is 2.14. The molecule has 0 amide bonds. The van der Waals surface area contributed by atoms with E-state index in [1.54, 1.807) is 13.3 Å². The minimum atomic E-state index is -0.0372. The second kappa shape index (κ2) is 6.99. The fourth-order valence-electron chi connectivity index (χ4n) is 2.14. The van der Waals surface area contributed by atoms with Crippen molar-refractivity contribution in [3.05, 3.63) is 36.4 Å². The van der Waals surface area contributed by atoms with Gasteiger partial charge < -0.3 is 24.5 Å². The van der Waals surface area contributed by atoms with Gasteiger partial charge in [0.15, 0.2) is 11.5 Å². The number of aliphatic hydroxyl groups is 1. The molecule has 0 bridgehead atoms. The van der Waals surface area contributed by atoms with Crippen LogP contribution < -0.4 is 14.8 Å². The summed E-state index contributed by atoms with van der Waals surface area (Å²) < 4.78 is 12.7. The summed E-state index contributed by atoms with van der Waals surface area (Å²) >= 11 is 0. The van der Waals surface area contributed by atoms with E-state index in [1.807, 2.05) is 42.9 Å². The average Bonchev–Trinajstić information content (AvgIpc) is 2.91. The molecule has 6 heteroatoms. The highest BCUT2D eigenvalue weighted by atomic mass is 16.5. The highest BCUT2D eigenvalue weighted by Gasteiger charge is 2.12. The number of ether oxygens (including phenoxy) is 2. The van der Waals surface area contributed by atoms with Crippen molar-refractivity contribution >= 4 is 5.69 Å². The van der Waals surface area contributed by atoms with Gasteiger partial charge >= 0.3 is 0 Å². The molecule has 0 saturated carbocycles. The van der Waals surface area contributed by atoms with Crippen LogP contribution in [0.25, 0.3) is 0 Å². The van der Waals surface area contributed by atoms with Crippen molar-refractivity contribution in [2.75, 3.05) is 25.6 Å². The first-order valence-electron chi connectivity index (χ1n) is 6.81. The van der Waals surface area contributed by atoms with Crippen LogP contribution in [-0.2, 0) is 7.05 Å². The molecular formula is C15H21N3O3. The van der Waals surface area contributed by atoms with E-state index in [0.29, 0.717) is 11.5 Å². The number of aliphatic hydroxyl groups excluding tert-OH is 1. The minimum absolute atomic E-state index is 0.0372. The fourth-order valence-corrected chi connectivity index (χ4v) is 2.14. The Morgan fingerprint density at radius 3 is 2.81 bits per heavy atom. The van der Waals surface area contributed by atoms with E-state index in [4.69, 9.17) is 14.6 Å². The van der Waals surface area contributed by atoms with E-state index in [-0.39, 0.29) is 19.3 Å². The predicted molar refractivity (Wildman–Crippen MR) is 80.8 cm³/mol. The Hall–Kier alpha value is -2.21. The quantitative estimate of drug-likeness (QED) is 0.816. The first kappa shape index (κ1) is 15.2. The van der Waals surface area contributed by atoms with Crippen molar-refractivity contribution in [2.24, 2.45) is 7.05 Å². The summed E-state index contributed by atoms with van der Waals surface area (Å²) in [5.74, 6) is 2.19. The minimum Gasteiger partial charge on any atom is -0.493 e. The number of rotatable bonds is 7. The molecule has 2 N–H and O–H groups in total. The summed E-state index contributed by atoms with van der Waals surface area (Å²) in [6.45, 7) is 2.24. The first-order valence-corrected chi connectivity index (χ1v) is 6.81. The lowest BCUT2D eigenvalue weighted by atomic mass is 10.2. The Labute approximate surface area is 124 Å². The van der Waals surface area contributed by atoms with Gasteiger partial charge in [-0.05, 0) is 19.1 Å². The Kier molecular flexibility index (Phi) is 5.05. The monoisotopic (exact) mass is 291 g/mol. The lowest BCUT2D eigenvalue weighted by Gasteiger charge is -2.17. The number of hydrogen-bond donors (Lipinski definition) is 2. The van der Waals surface area contributed by atoms with Crippen molar-refractivity contribution in [1.82, 2.24) is 9.55 Å². The number of methoxy groups -OCH3 is 1. The standard InChI is InChI=1S/C15H21N3O3/c1-11(15-16-6-7-18(15)2)17-12-4-5-13(20-3)14(10-12)21-9-8-19/h4-7,10-11,17,19H,8-9H2,1-3H3. The van der Waals surface area contributed by atoms with Crippen LogP contribution in [0.15, 0.2) is 30.6 Å². The summed E-state index contributed by atoms with van der Waals surface area (Å²) in [5, 5.41) is 12.2. The largest absolute Gasteiger partial charge is 0.493 e. The number of benzene rings is 1. The number of anilines is 1. The van der Waals surface area contributed by atoms with E-state index < -0.39 is 0 Å². The number of aryl methyl sites for hydroxylation is 1. The maximum atomic E-state index is 8.87. The van der Waals surface area contributed by atoms with E-state index >= 15 is 0 Å². The van der Waals surface area contributed by atoms with Crippen LogP contribution in [-0.4, -0.2) is 35.0 Å². The zero-order valence-corrected chi connectivity index (χ0v) is 12.5. The van der Waals surface area contributed by atoms with Crippen LogP contribution in [0.4, 0.5) is 5.69 Å². The number of nitrogens with zero attached hydrogens (tertiary/aromatic N) is 2. The molecule has 21 heavy (non-hydrogen) atoms. The Morgan fingerprint density at radius 1 is 1.38 bits per heavy atom. The van der Waals surface area contributed by atoms with Crippen molar-refractivity contribution < 1.29 is 14.6 Å². The molecule has 0 spiro atoms. The number of imidazole rings is 1. The fraction of sp³-hybridized carbons (Fsp3) is 0.400. The molecule has 0 aliphatic rings. The van der Waals surface area contributed by atoms with E-state index in [9.17, 15) is 0 Å². The van der Waals surface area contributed by atoms with E-state index in [1.165, 1.54) is 0 Å². The van der Waals surface area contributed by atoms with Gasteiger partial charge in [0, 0.05) is 31.2 Å². The number of aromatic nitrogens is 2. The Bertz CT molecular complexity index is 583. The summed E-state index contributed by atoms with van der Waals surface area (Å²) in [7, 11) is 3.55. The van der Waals surface area contributed by atoms with Crippen LogP contribution >= 0.6 is 0 Å². The Morgan fingerprint density at radius 2 is 2.19 bits per heavy atom. The van der Waals surface area contributed by atoms with Crippen LogP contribution in [0.2, 0.25) is 0 Å². The van der Waals surface area contributed by atoms with Crippen molar-refractivity contribution in [1.29, 1.82) is 0 Å². The van der Waals surface area contributed by atoms with Crippen LogP contribution in [0, 0.1) is 0 Å². The van der Waals surface area contributed by atoms with Crippen molar-refractivity contribution in [3.8, 4) is 11.5 Å². The first-order chi connectivity index (χ1) is 10.2. The van der Waals surface area contributed by atoms with Gasteiger partial charge in [0.2, 0.25) is 0 Å². The smallest absolute Gasteiger partial charge is 0.163 e. The maximum Gasteiger partial charge on any atom is 0.163 e. The van der Waals surface area contributed by atoms with Gasteiger partial charge in [-0.2, -0.15) is 0 Å². The van der Waals surface area contributed by atoms with Crippen LogP contribution in [0.5, 0.6) is 11.5 Å². The molecule has 1 heterocycles. The molecule has 0 saturated heterocycles. The van der Waals surface area contributed by atoms with Gasteiger partial charge in [-0.25, -0.2) is 4.98 Å². The van der Waals surface area contributed by atoms with Gasteiger partial charge in [0.1, 0.15) is 12.4 Å². The van der Waals surface area contributed by atoms with Gasteiger partial charge in [-0.15, -0.1) is 0 Å². The number of hydrogen-bond acceptors (Lipinski definition) is 5. The zero-order valence-electron chi connectivity index (χ0n) is 12.5. The molecule has 0 fully saturated rings. The summed E-state index contributed by atoms with van der Waals surface area (Å²) in [6, 6.07) is 5.67. The molecule has 1 aromatic heterocycles. The third kappa shape index (κ3) is 3.66. The molecule has 2 aromatic rings. The molecule has 0 aliphatic carbocycles. The maximum absolute atomic E-state index is 8.87. The predicted octanol–water partition coefficient (Wildman–Crippen LogP) is 1.97. The second-order valence-corrected chi connectivity index (χ2v) is 4.70. The molecule has 1 atom stereocenters. The normalized spacial score (nSPS) is 12.0. The highest BCUT2D eigenvalue weighted by Crippen LogP contribution is 2.31. The summed E-state index contributed by atoms with van der Waals surface area (Å²) in [6.07, 6.45) is 3.69. The topological polar surface area (TPSA) is 68.5 Å². The molecule has 114 valence electrons. The van der Waals surface area contributed by atoms with Gasteiger partial charge in [-0.3, -0.25) is 0 Å². The molecule has 0 aliphatic heterocycles. The molecule has 1 unspecified atom stereocenters. The third-order valence-electron chi connectivity index (χ3n) is 3.14. The molecule has 0 radical (unpaired) electrons. The third-order valence-corrected chi connectivity index (χ3v) is 3.14. The zero-order chi connectivity index (χ0) is 15.2. The van der Waals surface area contributed by atoms with Gasteiger partial charge in [-0.1, -0.05) is 0 Å². The van der Waals surface area contributed by atoms with E-state index in [2.05, 4.69) is 10.3 Å². The van der Waals surface area contributed by atoms with Crippen molar-refractivity contribution in [3.63, 3.8) is 0 Å². The van der Waals surface area contributed by atoms with Crippen LogP contribution in [0.1, 0.15) is 18.8 Å². The van der Waals surface area contributed by atoms with Gasteiger partial charge in [0.25, 0.3) is 0 Å². The van der Waals surface area contributed by atoms with Gasteiger partial charge in [0.05, 0.1) is 19.8 Å². The lowest BCUT2D eigenvalue weighted by Crippen LogP contribution is -2.12. The average molecular weight is 291 g/mol. The second-order valence-electron chi connectivity index (χ2n) is 4.70. The highest BCUT2D eigenvalue weighted by molar-refractivity contribution is 5.55.